The Balaban J connectivity index is 1.60. The predicted octanol–water partition coefficient (Wildman–Crippen LogP) is 1.21. The first kappa shape index (κ1) is 14.9. The Morgan fingerprint density at radius 2 is 2.05 bits per heavy atom. The van der Waals surface area contributed by atoms with Crippen molar-refractivity contribution in [3.05, 3.63) is 24.2 Å². The van der Waals surface area contributed by atoms with Crippen molar-refractivity contribution < 1.29 is 9.26 Å². The number of aryl methyl sites for hydroxylation is 1. The topological polar surface area (TPSA) is 67.5 Å². The minimum Gasteiger partial charge on any atom is -0.383 e. The molecule has 1 aliphatic rings. The van der Waals surface area contributed by atoms with Gasteiger partial charge in [-0.05, 0) is 19.1 Å². The summed E-state index contributed by atoms with van der Waals surface area (Å²) in [7, 11) is 1.74. The van der Waals surface area contributed by atoms with Crippen LogP contribution < -0.4 is 4.90 Å². The zero-order chi connectivity index (χ0) is 15.4. The van der Waals surface area contributed by atoms with Gasteiger partial charge in [-0.1, -0.05) is 5.16 Å². The van der Waals surface area contributed by atoms with E-state index < -0.39 is 0 Å². The fraction of sp³-hybridized carbons (Fsp3) is 0.533. The summed E-state index contributed by atoms with van der Waals surface area (Å²) in [4.78, 5) is 13.5. The van der Waals surface area contributed by atoms with Crippen LogP contribution in [0.3, 0.4) is 0 Å². The van der Waals surface area contributed by atoms with Crippen molar-refractivity contribution in [3.63, 3.8) is 0 Å². The maximum Gasteiger partial charge on any atom is 0.259 e. The molecular weight excluding hydrogens is 282 g/mol. The molecule has 0 bridgehead atoms. The molecule has 0 aromatic carbocycles. The van der Waals surface area contributed by atoms with Gasteiger partial charge in [0.15, 0.2) is 5.82 Å². The van der Waals surface area contributed by atoms with Crippen LogP contribution in [0.5, 0.6) is 0 Å². The van der Waals surface area contributed by atoms with Crippen molar-refractivity contribution in [3.8, 4) is 11.5 Å². The zero-order valence-corrected chi connectivity index (χ0v) is 13.0. The molecule has 0 amide bonds. The van der Waals surface area contributed by atoms with E-state index in [-0.39, 0.29) is 0 Å². The van der Waals surface area contributed by atoms with Gasteiger partial charge in [0, 0.05) is 46.0 Å². The SMILES string of the molecule is COCCN1CCN(c2ccc(-c3nc(C)no3)cn2)CC1. The Morgan fingerprint density at radius 3 is 2.64 bits per heavy atom. The third-order valence-electron chi connectivity index (χ3n) is 3.83. The first-order valence-electron chi connectivity index (χ1n) is 7.49. The zero-order valence-electron chi connectivity index (χ0n) is 13.0. The Morgan fingerprint density at radius 1 is 1.23 bits per heavy atom. The van der Waals surface area contributed by atoms with Crippen LogP contribution in [0.1, 0.15) is 5.82 Å². The lowest BCUT2D eigenvalue weighted by Crippen LogP contribution is -2.47. The van der Waals surface area contributed by atoms with Crippen molar-refractivity contribution in [2.75, 3.05) is 51.3 Å². The maximum absolute atomic E-state index is 5.15. The second-order valence-electron chi connectivity index (χ2n) is 5.37. The highest BCUT2D eigenvalue weighted by molar-refractivity contribution is 5.54. The number of ether oxygens (including phenoxy) is 1. The van der Waals surface area contributed by atoms with E-state index in [0.29, 0.717) is 11.7 Å². The van der Waals surface area contributed by atoms with Gasteiger partial charge >= 0.3 is 0 Å². The summed E-state index contributed by atoms with van der Waals surface area (Å²) in [6.07, 6.45) is 1.79. The second-order valence-corrected chi connectivity index (χ2v) is 5.37. The van der Waals surface area contributed by atoms with E-state index in [1.807, 2.05) is 12.1 Å². The summed E-state index contributed by atoms with van der Waals surface area (Å²) in [6, 6.07) is 3.99. The lowest BCUT2D eigenvalue weighted by atomic mass is 10.2. The van der Waals surface area contributed by atoms with Crippen molar-refractivity contribution in [1.29, 1.82) is 0 Å². The van der Waals surface area contributed by atoms with Gasteiger partial charge in [-0.15, -0.1) is 0 Å². The number of piperazine rings is 1. The molecule has 2 aromatic rings. The van der Waals surface area contributed by atoms with Gasteiger partial charge in [0.25, 0.3) is 5.89 Å². The average molecular weight is 303 g/mol. The molecule has 0 saturated carbocycles. The summed E-state index contributed by atoms with van der Waals surface area (Å²) in [5.74, 6) is 2.14. The van der Waals surface area contributed by atoms with Crippen molar-refractivity contribution in [2.24, 2.45) is 0 Å². The number of rotatable bonds is 5. The Bertz CT molecular complexity index is 590. The van der Waals surface area contributed by atoms with Crippen molar-refractivity contribution in [2.45, 2.75) is 6.92 Å². The molecule has 2 aromatic heterocycles. The first-order chi connectivity index (χ1) is 10.8. The Hall–Kier alpha value is -1.99. The summed E-state index contributed by atoms with van der Waals surface area (Å²) in [5, 5.41) is 3.80. The predicted molar refractivity (Wildman–Crippen MR) is 82.8 cm³/mol. The molecule has 1 fully saturated rings. The number of methoxy groups -OCH3 is 1. The highest BCUT2D eigenvalue weighted by Gasteiger charge is 2.18. The molecule has 7 heteroatoms. The van der Waals surface area contributed by atoms with Gasteiger partial charge in [-0.25, -0.2) is 4.98 Å². The van der Waals surface area contributed by atoms with E-state index in [9.17, 15) is 0 Å². The van der Waals surface area contributed by atoms with Crippen LogP contribution in [-0.2, 0) is 4.74 Å². The van der Waals surface area contributed by atoms with E-state index in [4.69, 9.17) is 9.26 Å². The van der Waals surface area contributed by atoms with Crippen molar-refractivity contribution in [1.82, 2.24) is 20.0 Å². The Labute approximate surface area is 129 Å². The van der Waals surface area contributed by atoms with Gasteiger partial charge in [0.05, 0.1) is 12.2 Å². The molecule has 22 heavy (non-hydrogen) atoms. The third-order valence-corrected chi connectivity index (χ3v) is 3.83. The van der Waals surface area contributed by atoms with E-state index in [1.54, 1.807) is 20.2 Å². The van der Waals surface area contributed by atoms with Crippen LogP contribution in [0, 0.1) is 6.92 Å². The first-order valence-corrected chi connectivity index (χ1v) is 7.49. The van der Waals surface area contributed by atoms with E-state index in [0.717, 1.165) is 50.7 Å². The number of aromatic nitrogens is 3. The minimum absolute atomic E-state index is 0.515. The lowest BCUT2D eigenvalue weighted by molar-refractivity contribution is 0.144. The van der Waals surface area contributed by atoms with Crippen LogP contribution in [0.4, 0.5) is 5.82 Å². The summed E-state index contributed by atoms with van der Waals surface area (Å²) >= 11 is 0. The van der Waals surface area contributed by atoms with E-state index in [2.05, 4.69) is 24.9 Å². The highest BCUT2D eigenvalue weighted by atomic mass is 16.5. The van der Waals surface area contributed by atoms with Crippen LogP contribution >= 0.6 is 0 Å². The Kier molecular flexibility index (Phi) is 4.65. The van der Waals surface area contributed by atoms with E-state index in [1.165, 1.54) is 0 Å². The van der Waals surface area contributed by atoms with Crippen LogP contribution in [0.2, 0.25) is 0 Å². The molecule has 0 unspecified atom stereocenters. The number of hydrogen-bond acceptors (Lipinski definition) is 7. The molecule has 1 saturated heterocycles. The summed E-state index contributed by atoms with van der Waals surface area (Å²) in [6.45, 7) is 7.62. The van der Waals surface area contributed by atoms with Gasteiger partial charge in [-0.3, -0.25) is 4.90 Å². The molecule has 118 valence electrons. The maximum atomic E-state index is 5.15. The molecular formula is C15H21N5O2. The number of pyridine rings is 1. The minimum atomic E-state index is 0.515. The normalized spacial score (nSPS) is 16.2. The second kappa shape index (κ2) is 6.85. The van der Waals surface area contributed by atoms with E-state index >= 15 is 0 Å². The summed E-state index contributed by atoms with van der Waals surface area (Å²) < 4.78 is 10.3. The molecule has 0 radical (unpaired) electrons. The third kappa shape index (κ3) is 3.42. The molecule has 0 atom stereocenters. The highest BCUT2D eigenvalue weighted by Crippen LogP contribution is 2.20. The quantitative estimate of drug-likeness (QED) is 0.822. The molecule has 7 nitrogen and oxygen atoms in total. The van der Waals surface area contributed by atoms with Crippen molar-refractivity contribution >= 4 is 5.82 Å². The van der Waals surface area contributed by atoms with Crippen LogP contribution in [0.15, 0.2) is 22.9 Å². The van der Waals surface area contributed by atoms with Crippen LogP contribution in [0.25, 0.3) is 11.5 Å². The lowest BCUT2D eigenvalue weighted by Gasteiger charge is -2.35. The van der Waals surface area contributed by atoms with Gasteiger partial charge in [0.1, 0.15) is 5.82 Å². The number of anilines is 1. The molecule has 3 rings (SSSR count). The number of nitrogens with zero attached hydrogens (tertiary/aromatic N) is 5. The standard InChI is InChI=1S/C15H21N5O2/c1-12-17-15(22-18-12)13-3-4-14(16-11-13)20-7-5-19(6-8-20)9-10-21-2/h3-4,11H,5-10H2,1-2H3. The molecule has 0 aliphatic carbocycles. The largest absolute Gasteiger partial charge is 0.383 e. The smallest absolute Gasteiger partial charge is 0.259 e. The van der Waals surface area contributed by atoms with Crippen LogP contribution in [-0.4, -0.2) is 66.5 Å². The number of hydrogen-bond donors (Lipinski definition) is 0. The van der Waals surface area contributed by atoms with Gasteiger partial charge < -0.3 is 14.2 Å². The molecule has 0 spiro atoms. The van der Waals surface area contributed by atoms with Gasteiger partial charge in [-0.2, -0.15) is 4.98 Å². The average Bonchev–Trinajstić information content (AvgIpc) is 3.00. The molecule has 1 aliphatic heterocycles. The molecule has 3 heterocycles. The monoisotopic (exact) mass is 303 g/mol. The van der Waals surface area contributed by atoms with Gasteiger partial charge in [0.2, 0.25) is 0 Å². The summed E-state index contributed by atoms with van der Waals surface area (Å²) in [5.41, 5.74) is 0.850. The molecule has 0 N–H and O–H groups in total. The fourth-order valence-corrected chi connectivity index (χ4v) is 2.53. The fourth-order valence-electron chi connectivity index (χ4n) is 2.53.